The predicted molar refractivity (Wildman–Crippen MR) is 119 cm³/mol. The van der Waals surface area contributed by atoms with Gasteiger partial charge in [-0.05, 0) is 59.7 Å². The van der Waals surface area contributed by atoms with E-state index in [1.807, 2.05) is 24.4 Å². The van der Waals surface area contributed by atoms with E-state index in [9.17, 15) is 22.8 Å². The Labute approximate surface area is 193 Å². The number of aromatic nitrogens is 1. The van der Waals surface area contributed by atoms with E-state index in [0.717, 1.165) is 39.4 Å². The van der Waals surface area contributed by atoms with Gasteiger partial charge < -0.3 is 10.2 Å². The quantitative estimate of drug-likeness (QED) is 0.593. The molecule has 33 heavy (non-hydrogen) atoms. The molecule has 0 aliphatic carbocycles. The molecule has 0 saturated carbocycles. The molecule has 9 heteroatoms. The number of nitrogens with zero attached hydrogens (tertiary/aromatic N) is 2. The van der Waals surface area contributed by atoms with Crippen molar-refractivity contribution in [2.75, 3.05) is 6.54 Å². The maximum absolute atomic E-state index is 13.0. The van der Waals surface area contributed by atoms with Crippen molar-refractivity contribution < 1.29 is 22.8 Å². The molecular weight excluding hydrogens is 451 g/mol. The Hall–Kier alpha value is -3.20. The number of carbonyl (C=O) groups excluding carboxylic acids is 2. The highest BCUT2D eigenvalue weighted by atomic mass is 32.1. The Morgan fingerprint density at radius 2 is 2.03 bits per heavy atom. The summed E-state index contributed by atoms with van der Waals surface area (Å²) in [7, 11) is 0. The number of carbonyl (C=O) groups is 2. The first-order valence-electron chi connectivity index (χ1n) is 10.4. The van der Waals surface area contributed by atoms with Crippen molar-refractivity contribution >= 4 is 23.2 Å². The number of amides is 2. The molecule has 0 bridgehead atoms. The highest BCUT2D eigenvalue weighted by molar-refractivity contribution is 7.10. The molecule has 3 aromatic rings. The van der Waals surface area contributed by atoms with Gasteiger partial charge in [-0.3, -0.25) is 14.6 Å². The van der Waals surface area contributed by atoms with Gasteiger partial charge in [-0.2, -0.15) is 13.2 Å². The Balaban J connectivity index is 1.47. The van der Waals surface area contributed by atoms with Crippen LogP contribution < -0.4 is 5.32 Å². The van der Waals surface area contributed by atoms with Gasteiger partial charge in [0.05, 0.1) is 12.0 Å². The van der Waals surface area contributed by atoms with E-state index >= 15 is 0 Å². The lowest BCUT2D eigenvalue weighted by Gasteiger charge is -2.30. The van der Waals surface area contributed by atoms with Gasteiger partial charge in [0, 0.05) is 42.0 Å². The summed E-state index contributed by atoms with van der Waals surface area (Å²) in [4.78, 5) is 32.1. The number of nitrogens with one attached hydrogen (secondary N) is 1. The highest BCUT2D eigenvalue weighted by Crippen LogP contribution is 2.30. The molecule has 0 fully saturated rings. The molecule has 0 radical (unpaired) electrons. The summed E-state index contributed by atoms with van der Waals surface area (Å²) in [6.45, 7) is 2.85. The molecule has 0 saturated heterocycles. The molecule has 1 N–H and O–H groups in total. The number of thiophene rings is 1. The van der Waals surface area contributed by atoms with Crippen LogP contribution in [-0.4, -0.2) is 28.2 Å². The van der Waals surface area contributed by atoms with Crippen molar-refractivity contribution in [1.82, 2.24) is 15.2 Å². The van der Waals surface area contributed by atoms with Gasteiger partial charge in [0.15, 0.2) is 0 Å². The standard InChI is InChI=1S/C24H22F3N3O2S/c1-15-21(13-29-22(31)11-19-6-3-9-33-19)20-7-8-30(14-17(20)12-28-15)23(32)16-4-2-5-18(10-16)24(25,26)27/h2-6,9-10,12H,7-8,11,13-14H2,1H3,(H,29,31). The average molecular weight is 474 g/mol. The van der Waals surface area contributed by atoms with E-state index < -0.39 is 17.6 Å². The third kappa shape index (κ3) is 5.24. The summed E-state index contributed by atoms with van der Waals surface area (Å²) in [6, 6.07) is 8.30. The molecule has 1 aliphatic rings. The number of fused-ring (bicyclic) bond motifs is 1. The average Bonchev–Trinajstić information content (AvgIpc) is 3.30. The molecule has 0 unspecified atom stereocenters. The number of benzene rings is 1. The Kier molecular flexibility index (Phi) is 6.51. The van der Waals surface area contributed by atoms with E-state index in [4.69, 9.17) is 0 Å². The number of pyridine rings is 1. The van der Waals surface area contributed by atoms with Crippen LogP contribution in [0.15, 0.2) is 48.0 Å². The number of aryl methyl sites for hydroxylation is 1. The lowest BCUT2D eigenvalue weighted by molar-refractivity contribution is -0.137. The molecule has 4 rings (SSSR count). The van der Waals surface area contributed by atoms with Crippen LogP contribution in [0.3, 0.4) is 0 Å². The first kappa shape index (κ1) is 23.0. The molecule has 2 aromatic heterocycles. The van der Waals surface area contributed by atoms with Gasteiger partial charge in [0.25, 0.3) is 5.91 Å². The first-order valence-corrected chi connectivity index (χ1v) is 11.3. The summed E-state index contributed by atoms with van der Waals surface area (Å²) in [5.41, 5.74) is 2.78. The number of halogens is 3. The van der Waals surface area contributed by atoms with E-state index in [1.54, 1.807) is 6.20 Å². The monoisotopic (exact) mass is 473 g/mol. The summed E-state index contributed by atoms with van der Waals surface area (Å²) >= 11 is 1.53. The van der Waals surface area contributed by atoms with Crippen LogP contribution in [0.4, 0.5) is 13.2 Å². The smallest absolute Gasteiger partial charge is 0.352 e. The summed E-state index contributed by atoms with van der Waals surface area (Å²) < 4.78 is 39.1. The van der Waals surface area contributed by atoms with Gasteiger partial charge in [0.2, 0.25) is 5.91 Å². The number of hydrogen-bond donors (Lipinski definition) is 1. The molecule has 1 aliphatic heterocycles. The number of alkyl halides is 3. The fraction of sp³-hybridized carbons (Fsp3) is 0.292. The zero-order valence-electron chi connectivity index (χ0n) is 17.9. The molecule has 5 nitrogen and oxygen atoms in total. The van der Waals surface area contributed by atoms with Crippen molar-refractivity contribution in [3.8, 4) is 0 Å². The maximum atomic E-state index is 13.0. The van der Waals surface area contributed by atoms with Gasteiger partial charge in [-0.25, -0.2) is 0 Å². The number of hydrogen-bond acceptors (Lipinski definition) is 4. The predicted octanol–water partition coefficient (Wildman–Crippen LogP) is 4.53. The third-order valence-corrected chi connectivity index (χ3v) is 6.57. The summed E-state index contributed by atoms with van der Waals surface area (Å²) in [6.07, 6.45) is -1.94. The van der Waals surface area contributed by atoms with Crippen LogP contribution in [0.1, 0.15) is 43.2 Å². The fourth-order valence-electron chi connectivity index (χ4n) is 3.96. The van der Waals surface area contributed by atoms with Crippen molar-refractivity contribution in [3.05, 3.63) is 86.4 Å². The Morgan fingerprint density at radius 1 is 1.21 bits per heavy atom. The van der Waals surface area contributed by atoms with Crippen LogP contribution in [0.2, 0.25) is 0 Å². The Bertz CT molecular complexity index is 1180. The lowest BCUT2D eigenvalue weighted by atomic mass is 9.94. The van der Waals surface area contributed by atoms with Crippen molar-refractivity contribution in [2.24, 2.45) is 0 Å². The van der Waals surface area contributed by atoms with Crippen molar-refractivity contribution in [3.63, 3.8) is 0 Å². The van der Waals surface area contributed by atoms with Gasteiger partial charge in [-0.15, -0.1) is 11.3 Å². The topological polar surface area (TPSA) is 62.3 Å². The molecule has 1 aromatic carbocycles. The zero-order chi connectivity index (χ0) is 23.6. The Morgan fingerprint density at radius 3 is 2.76 bits per heavy atom. The van der Waals surface area contributed by atoms with Crippen LogP contribution in [0, 0.1) is 6.92 Å². The van der Waals surface area contributed by atoms with E-state index in [0.29, 0.717) is 25.9 Å². The van der Waals surface area contributed by atoms with Gasteiger partial charge in [0.1, 0.15) is 0 Å². The van der Waals surface area contributed by atoms with Crippen LogP contribution >= 0.6 is 11.3 Å². The van der Waals surface area contributed by atoms with Crippen molar-refractivity contribution in [1.29, 1.82) is 0 Å². The van der Waals surface area contributed by atoms with Gasteiger partial charge >= 0.3 is 6.18 Å². The third-order valence-electron chi connectivity index (χ3n) is 5.70. The van der Waals surface area contributed by atoms with Gasteiger partial charge in [-0.1, -0.05) is 12.1 Å². The molecule has 0 atom stereocenters. The largest absolute Gasteiger partial charge is 0.416 e. The first-order chi connectivity index (χ1) is 15.7. The maximum Gasteiger partial charge on any atom is 0.416 e. The minimum Gasteiger partial charge on any atom is -0.352 e. The van der Waals surface area contributed by atoms with Crippen LogP contribution in [0.5, 0.6) is 0 Å². The SMILES string of the molecule is Cc1ncc2c(c1CNC(=O)Cc1cccs1)CCN(C(=O)c1cccc(C(F)(F)F)c1)C2. The van der Waals surface area contributed by atoms with E-state index in [2.05, 4.69) is 10.3 Å². The van der Waals surface area contributed by atoms with E-state index in [-0.39, 0.29) is 18.0 Å². The fourth-order valence-corrected chi connectivity index (χ4v) is 4.67. The second kappa shape index (κ2) is 9.35. The molecule has 3 heterocycles. The molecule has 172 valence electrons. The highest BCUT2D eigenvalue weighted by Gasteiger charge is 2.32. The second-order valence-electron chi connectivity index (χ2n) is 7.91. The summed E-state index contributed by atoms with van der Waals surface area (Å²) in [5.74, 6) is -0.523. The molecular formula is C24H22F3N3O2S. The molecule has 2 amide bonds. The van der Waals surface area contributed by atoms with Crippen LogP contribution in [0.25, 0.3) is 0 Å². The normalized spacial score (nSPS) is 13.5. The summed E-state index contributed by atoms with van der Waals surface area (Å²) in [5, 5.41) is 4.88. The second-order valence-corrected chi connectivity index (χ2v) is 8.95. The van der Waals surface area contributed by atoms with E-state index in [1.165, 1.54) is 28.4 Å². The number of rotatable bonds is 5. The lowest BCUT2D eigenvalue weighted by Crippen LogP contribution is -2.37. The minimum atomic E-state index is -4.50. The molecule has 0 spiro atoms. The minimum absolute atomic E-state index is 0.00871. The zero-order valence-corrected chi connectivity index (χ0v) is 18.7. The van der Waals surface area contributed by atoms with Crippen molar-refractivity contribution in [2.45, 2.75) is 39.0 Å². The van der Waals surface area contributed by atoms with Crippen LogP contribution in [-0.2, 0) is 36.9 Å².